The van der Waals surface area contributed by atoms with Gasteiger partial charge in [0.15, 0.2) is 0 Å². The molecule has 0 radical (unpaired) electrons. The molecule has 4 heteroatoms. The van der Waals surface area contributed by atoms with Crippen molar-refractivity contribution in [2.75, 3.05) is 26.4 Å². The Morgan fingerprint density at radius 1 is 1.15 bits per heavy atom. The summed E-state index contributed by atoms with van der Waals surface area (Å²) in [5, 5.41) is 0. The summed E-state index contributed by atoms with van der Waals surface area (Å²) in [7, 11) is 0. The van der Waals surface area contributed by atoms with Crippen LogP contribution >= 0.6 is 0 Å². The maximum atomic E-state index is 6.16. The average Bonchev–Trinajstić information content (AvgIpc) is 3.37. The molecule has 4 nitrogen and oxygen atoms in total. The van der Waals surface area contributed by atoms with Crippen molar-refractivity contribution in [2.24, 2.45) is 0 Å². The first-order valence-electron chi connectivity index (χ1n) is 7.23. The highest BCUT2D eigenvalue weighted by molar-refractivity contribution is 5.23. The molecule has 0 aromatic heterocycles. The van der Waals surface area contributed by atoms with Crippen molar-refractivity contribution in [3.05, 3.63) is 35.9 Å². The minimum atomic E-state index is -0.470. The van der Waals surface area contributed by atoms with Crippen LogP contribution in [0.5, 0.6) is 0 Å². The zero-order valence-electron chi connectivity index (χ0n) is 12.1. The first-order valence-corrected chi connectivity index (χ1v) is 7.23. The van der Waals surface area contributed by atoms with Gasteiger partial charge in [0.05, 0.1) is 32.5 Å². The van der Waals surface area contributed by atoms with Gasteiger partial charge in [0.2, 0.25) is 0 Å². The Balaban J connectivity index is 1.69. The van der Waals surface area contributed by atoms with Crippen molar-refractivity contribution >= 4 is 0 Å². The SMILES string of the molecule is CC(OCC1CO1)C(C)(OCC1CO1)c1ccccc1. The van der Waals surface area contributed by atoms with Crippen molar-refractivity contribution < 1.29 is 18.9 Å². The van der Waals surface area contributed by atoms with Gasteiger partial charge in [-0.15, -0.1) is 0 Å². The standard InChI is InChI=1S/C16H22O4/c1-12(17-8-14-9-18-14)16(2,20-11-15-10-19-15)13-6-4-3-5-7-13/h3-7,12,14-15H,8-11H2,1-2H3. The third-order valence-electron chi connectivity index (χ3n) is 4.03. The Morgan fingerprint density at radius 3 is 2.35 bits per heavy atom. The van der Waals surface area contributed by atoms with E-state index in [-0.39, 0.29) is 18.3 Å². The van der Waals surface area contributed by atoms with Crippen LogP contribution in [-0.4, -0.2) is 44.7 Å². The van der Waals surface area contributed by atoms with E-state index < -0.39 is 5.60 Å². The van der Waals surface area contributed by atoms with E-state index in [2.05, 4.69) is 26.0 Å². The lowest BCUT2D eigenvalue weighted by Crippen LogP contribution is -2.41. The van der Waals surface area contributed by atoms with Crippen LogP contribution < -0.4 is 0 Å². The molecule has 4 unspecified atom stereocenters. The van der Waals surface area contributed by atoms with E-state index in [1.165, 1.54) is 0 Å². The molecule has 0 spiro atoms. The normalized spacial score (nSPS) is 28.7. The first kappa shape index (κ1) is 14.0. The fourth-order valence-electron chi connectivity index (χ4n) is 2.21. The highest BCUT2D eigenvalue weighted by Crippen LogP contribution is 2.32. The molecule has 0 N–H and O–H groups in total. The molecule has 2 saturated heterocycles. The Morgan fingerprint density at radius 2 is 1.75 bits per heavy atom. The van der Waals surface area contributed by atoms with E-state index in [0.29, 0.717) is 13.2 Å². The largest absolute Gasteiger partial charge is 0.372 e. The van der Waals surface area contributed by atoms with E-state index in [1.54, 1.807) is 0 Å². The number of epoxide rings is 2. The molecule has 1 aromatic carbocycles. The van der Waals surface area contributed by atoms with Crippen molar-refractivity contribution in [1.29, 1.82) is 0 Å². The molecule has 0 saturated carbocycles. The number of ether oxygens (including phenoxy) is 4. The van der Waals surface area contributed by atoms with Gasteiger partial charge in [0, 0.05) is 0 Å². The van der Waals surface area contributed by atoms with Crippen LogP contribution in [0.1, 0.15) is 19.4 Å². The zero-order valence-corrected chi connectivity index (χ0v) is 12.1. The van der Waals surface area contributed by atoms with Gasteiger partial charge >= 0.3 is 0 Å². The van der Waals surface area contributed by atoms with E-state index in [1.807, 2.05) is 18.2 Å². The minimum Gasteiger partial charge on any atom is -0.372 e. The van der Waals surface area contributed by atoms with Crippen molar-refractivity contribution in [2.45, 2.75) is 37.8 Å². The summed E-state index contributed by atoms with van der Waals surface area (Å²) in [6.45, 7) is 7.00. The molecule has 2 heterocycles. The van der Waals surface area contributed by atoms with Gasteiger partial charge in [0.1, 0.15) is 17.8 Å². The highest BCUT2D eigenvalue weighted by atomic mass is 16.6. The lowest BCUT2D eigenvalue weighted by molar-refractivity contribution is -0.140. The monoisotopic (exact) mass is 278 g/mol. The predicted molar refractivity (Wildman–Crippen MR) is 74.6 cm³/mol. The van der Waals surface area contributed by atoms with Crippen LogP contribution in [0.15, 0.2) is 30.3 Å². The van der Waals surface area contributed by atoms with Crippen molar-refractivity contribution in [3.8, 4) is 0 Å². The Bertz CT molecular complexity index is 427. The minimum absolute atomic E-state index is 0.0483. The van der Waals surface area contributed by atoms with Crippen molar-refractivity contribution in [3.63, 3.8) is 0 Å². The van der Waals surface area contributed by atoms with Gasteiger partial charge in [-0.25, -0.2) is 0 Å². The number of benzene rings is 1. The molecule has 2 aliphatic rings. The third-order valence-corrected chi connectivity index (χ3v) is 4.03. The van der Waals surface area contributed by atoms with E-state index in [4.69, 9.17) is 18.9 Å². The van der Waals surface area contributed by atoms with Crippen LogP contribution in [0.3, 0.4) is 0 Å². The molecule has 110 valence electrons. The smallest absolute Gasteiger partial charge is 0.116 e. The quantitative estimate of drug-likeness (QED) is 0.683. The summed E-state index contributed by atoms with van der Waals surface area (Å²) in [6.07, 6.45) is 0.467. The number of hydrogen-bond donors (Lipinski definition) is 0. The molecule has 2 fully saturated rings. The third kappa shape index (κ3) is 3.38. The van der Waals surface area contributed by atoms with Crippen LogP contribution in [0.4, 0.5) is 0 Å². The topological polar surface area (TPSA) is 43.5 Å². The second kappa shape index (κ2) is 5.82. The fraction of sp³-hybridized carbons (Fsp3) is 0.625. The van der Waals surface area contributed by atoms with Crippen LogP contribution in [0.25, 0.3) is 0 Å². The summed E-state index contributed by atoms with van der Waals surface area (Å²) in [6, 6.07) is 10.2. The molecule has 0 bridgehead atoms. The molecule has 3 rings (SSSR count). The van der Waals surface area contributed by atoms with Gasteiger partial charge in [-0.3, -0.25) is 0 Å². The van der Waals surface area contributed by atoms with Gasteiger partial charge < -0.3 is 18.9 Å². The molecule has 4 atom stereocenters. The molecule has 1 aromatic rings. The zero-order chi connectivity index (χ0) is 14.0. The highest BCUT2D eigenvalue weighted by Gasteiger charge is 2.38. The lowest BCUT2D eigenvalue weighted by atomic mass is 9.90. The molecular formula is C16H22O4. The van der Waals surface area contributed by atoms with Gasteiger partial charge in [-0.1, -0.05) is 30.3 Å². The van der Waals surface area contributed by atoms with E-state index in [0.717, 1.165) is 18.8 Å². The molecule has 0 aliphatic carbocycles. The summed E-state index contributed by atoms with van der Waals surface area (Å²) in [5.74, 6) is 0. The molecule has 0 amide bonds. The average molecular weight is 278 g/mol. The van der Waals surface area contributed by atoms with Gasteiger partial charge in [0.25, 0.3) is 0 Å². The Hall–Kier alpha value is -0.940. The van der Waals surface area contributed by atoms with Crippen LogP contribution in [0.2, 0.25) is 0 Å². The second-order valence-electron chi connectivity index (χ2n) is 5.67. The van der Waals surface area contributed by atoms with Crippen LogP contribution in [0, 0.1) is 0 Å². The Labute approximate surface area is 120 Å². The predicted octanol–water partition coefficient (Wildman–Crippen LogP) is 2.12. The molecular weight excluding hydrogens is 256 g/mol. The first-order chi connectivity index (χ1) is 9.68. The Kier molecular flexibility index (Phi) is 4.08. The second-order valence-corrected chi connectivity index (χ2v) is 5.67. The maximum absolute atomic E-state index is 6.16. The lowest BCUT2D eigenvalue weighted by Gasteiger charge is -2.36. The van der Waals surface area contributed by atoms with Crippen LogP contribution in [-0.2, 0) is 24.5 Å². The van der Waals surface area contributed by atoms with Crippen molar-refractivity contribution in [1.82, 2.24) is 0 Å². The molecule has 20 heavy (non-hydrogen) atoms. The van der Waals surface area contributed by atoms with Gasteiger partial charge in [-0.05, 0) is 19.4 Å². The summed E-state index contributed by atoms with van der Waals surface area (Å²) in [5.41, 5.74) is 0.659. The van der Waals surface area contributed by atoms with E-state index in [9.17, 15) is 0 Å². The van der Waals surface area contributed by atoms with E-state index >= 15 is 0 Å². The number of hydrogen-bond acceptors (Lipinski definition) is 4. The van der Waals surface area contributed by atoms with Gasteiger partial charge in [-0.2, -0.15) is 0 Å². The summed E-state index contributed by atoms with van der Waals surface area (Å²) >= 11 is 0. The number of rotatable bonds is 8. The fourth-order valence-corrected chi connectivity index (χ4v) is 2.21. The summed E-state index contributed by atoms with van der Waals surface area (Å²) in [4.78, 5) is 0. The molecule has 2 aliphatic heterocycles. The maximum Gasteiger partial charge on any atom is 0.116 e. The summed E-state index contributed by atoms with van der Waals surface area (Å²) < 4.78 is 22.6.